The Kier molecular flexibility index (Phi) is 11.3. The molecule has 0 fully saturated rings. The molecule has 0 heterocycles. The lowest BCUT2D eigenvalue weighted by Gasteiger charge is -2.33. The molecule has 42 heavy (non-hydrogen) atoms. The maximum atomic E-state index is 14.1. The molecule has 2 amide bonds. The van der Waals surface area contributed by atoms with Gasteiger partial charge in [-0.1, -0.05) is 44.2 Å². The Morgan fingerprint density at radius 2 is 1.55 bits per heavy atom. The van der Waals surface area contributed by atoms with Gasteiger partial charge in [0.05, 0.1) is 24.8 Å². The van der Waals surface area contributed by atoms with Crippen LogP contribution in [0.1, 0.15) is 39.2 Å². The van der Waals surface area contributed by atoms with Crippen LogP contribution in [0.5, 0.6) is 11.5 Å². The highest BCUT2D eigenvalue weighted by Crippen LogP contribution is 2.32. The van der Waals surface area contributed by atoms with E-state index in [2.05, 4.69) is 5.32 Å². The van der Waals surface area contributed by atoms with Crippen LogP contribution in [0, 0.1) is 5.82 Å². The van der Waals surface area contributed by atoms with E-state index in [-0.39, 0.29) is 34.8 Å². The monoisotopic (exact) mass is 599 g/mol. The summed E-state index contributed by atoms with van der Waals surface area (Å²) in [6.45, 7) is 5.06. The van der Waals surface area contributed by atoms with E-state index in [0.717, 1.165) is 22.0 Å². The third-order valence-corrected chi connectivity index (χ3v) is 8.69. The van der Waals surface area contributed by atoms with Crippen molar-refractivity contribution in [2.45, 2.75) is 57.1 Å². The molecule has 0 aliphatic heterocycles. The van der Waals surface area contributed by atoms with Crippen LogP contribution >= 0.6 is 0 Å². The van der Waals surface area contributed by atoms with Crippen molar-refractivity contribution < 1.29 is 31.9 Å². The van der Waals surface area contributed by atoms with Crippen molar-refractivity contribution in [3.05, 3.63) is 84.2 Å². The van der Waals surface area contributed by atoms with Crippen LogP contribution in [0.4, 0.5) is 10.1 Å². The molecule has 0 saturated carbocycles. The van der Waals surface area contributed by atoms with Gasteiger partial charge < -0.3 is 19.7 Å². The van der Waals surface area contributed by atoms with Crippen molar-refractivity contribution in [1.29, 1.82) is 0 Å². The summed E-state index contributed by atoms with van der Waals surface area (Å²) in [7, 11) is -1.56. The van der Waals surface area contributed by atoms with Gasteiger partial charge in [-0.05, 0) is 61.7 Å². The lowest BCUT2D eigenvalue weighted by molar-refractivity contribution is -0.140. The molecular weight excluding hydrogens is 561 g/mol. The van der Waals surface area contributed by atoms with E-state index in [1.165, 1.54) is 49.5 Å². The molecule has 11 heteroatoms. The van der Waals surface area contributed by atoms with Gasteiger partial charge >= 0.3 is 0 Å². The Hall–Kier alpha value is -4.12. The highest BCUT2D eigenvalue weighted by Gasteiger charge is 2.34. The second-order valence-electron chi connectivity index (χ2n) is 9.75. The summed E-state index contributed by atoms with van der Waals surface area (Å²) >= 11 is 0. The van der Waals surface area contributed by atoms with Gasteiger partial charge in [0.1, 0.15) is 18.4 Å². The molecule has 0 radical (unpaired) electrons. The Labute approximate surface area is 247 Å². The number of carbonyl (C=O) groups excluding carboxylic acids is 2. The van der Waals surface area contributed by atoms with Gasteiger partial charge in [-0.25, -0.2) is 12.8 Å². The molecule has 0 aliphatic carbocycles. The number of hydrogen-bond acceptors (Lipinski definition) is 6. The maximum absolute atomic E-state index is 14.1. The zero-order chi connectivity index (χ0) is 30.9. The maximum Gasteiger partial charge on any atom is 0.264 e. The van der Waals surface area contributed by atoms with Crippen LogP contribution in [0.25, 0.3) is 0 Å². The number of hydrogen-bond donors (Lipinski definition) is 1. The van der Waals surface area contributed by atoms with Crippen LogP contribution in [0.2, 0.25) is 0 Å². The summed E-state index contributed by atoms with van der Waals surface area (Å²) in [5.41, 5.74) is 0.855. The Bertz CT molecular complexity index is 1450. The smallest absolute Gasteiger partial charge is 0.264 e. The number of amides is 2. The number of nitrogens with one attached hydrogen (secondary N) is 1. The van der Waals surface area contributed by atoms with Crippen molar-refractivity contribution >= 4 is 27.5 Å². The van der Waals surface area contributed by atoms with Crippen molar-refractivity contribution in [2.75, 3.05) is 25.1 Å². The predicted octanol–water partition coefficient (Wildman–Crippen LogP) is 4.76. The van der Waals surface area contributed by atoms with E-state index in [0.29, 0.717) is 18.6 Å². The molecular formula is C31H38FN3O6S. The van der Waals surface area contributed by atoms with Gasteiger partial charge in [-0.15, -0.1) is 0 Å². The molecule has 0 bridgehead atoms. The number of nitrogens with zero attached hydrogens (tertiary/aromatic N) is 2. The van der Waals surface area contributed by atoms with Gasteiger partial charge in [0.25, 0.3) is 10.0 Å². The van der Waals surface area contributed by atoms with E-state index < -0.39 is 34.3 Å². The molecule has 0 aromatic heterocycles. The molecule has 0 saturated heterocycles. The molecule has 1 N–H and O–H groups in total. The van der Waals surface area contributed by atoms with Crippen LogP contribution in [-0.2, 0) is 26.2 Å². The highest BCUT2D eigenvalue weighted by atomic mass is 32.2. The largest absolute Gasteiger partial charge is 0.493 e. The molecule has 0 spiro atoms. The minimum absolute atomic E-state index is 0.0799. The second kappa shape index (κ2) is 14.7. The van der Waals surface area contributed by atoms with E-state index in [1.54, 1.807) is 6.92 Å². The van der Waals surface area contributed by atoms with Crippen LogP contribution < -0.4 is 19.1 Å². The summed E-state index contributed by atoms with van der Waals surface area (Å²) in [5, 5.41) is 2.94. The van der Waals surface area contributed by atoms with Crippen LogP contribution in [0.15, 0.2) is 77.7 Å². The first-order valence-electron chi connectivity index (χ1n) is 13.7. The highest BCUT2D eigenvalue weighted by molar-refractivity contribution is 7.92. The van der Waals surface area contributed by atoms with E-state index >= 15 is 0 Å². The number of ether oxygens (including phenoxy) is 2. The molecule has 3 rings (SSSR count). The number of carbonyl (C=O) groups is 2. The number of rotatable bonds is 14. The summed E-state index contributed by atoms with van der Waals surface area (Å²) in [5.74, 6) is -0.979. The van der Waals surface area contributed by atoms with Gasteiger partial charge in [-0.3, -0.25) is 13.9 Å². The number of sulfonamides is 1. The summed E-state index contributed by atoms with van der Waals surface area (Å²) in [6, 6.07) is 17.1. The standard InChI is InChI=1S/C31H38FN3O6S/c1-6-22(3)33-31(37)27(7-2)34(20-23-11-9-8-10-12-23)30(36)21-35(25-15-13-24(32)14-16-25)42(38,39)26-17-18-28(40-4)29(19-26)41-5/h8-19,22,27H,6-7,20-21H2,1-5H3,(H,33,37)/t22-,27+/m0/s1. The first-order valence-corrected chi connectivity index (χ1v) is 15.1. The van der Waals surface area contributed by atoms with Gasteiger partial charge in [0, 0.05) is 18.7 Å². The molecule has 0 aliphatic rings. The zero-order valence-electron chi connectivity index (χ0n) is 24.5. The van der Waals surface area contributed by atoms with E-state index in [1.807, 2.05) is 44.2 Å². The number of anilines is 1. The first kappa shape index (κ1) is 32.4. The minimum Gasteiger partial charge on any atom is -0.493 e. The third kappa shape index (κ3) is 7.79. The van der Waals surface area contributed by atoms with Gasteiger partial charge in [0.15, 0.2) is 11.5 Å². The minimum atomic E-state index is -4.37. The van der Waals surface area contributed by atoms with Crippen molar-refractivity contribution in [1.82, 2.24) is 10.2 Å². The summed E-state index contributed by atoms with van der Waals surface area (Å²) < 4.78 is 53.4. The normalized spacial score (nSPS) is 12.6. The van der Waals surface area contributed by atoms with Gasteiger partial charge in [0.2, 0.25) is 11.8 Å². The molecule has 9 nitrogen and oxygen atoms in total. The first-order chi connectivity index (χ1) is 20.0. The lowest BCUT2D eigenvalue weighted by Crippen LogP contribution is -2.53. The number of methoxy groups -OCH3 is 2. The molecule has 3 aromatic rings. The molecule has 0 unspecified atom stereocenters. The predicted molar refractivity (Wildman–Crippen MR) is 159 cm³/mol. The Balaban J connectivity index is 2.08. The topological polar surface area (TPSA) is 105 Å². The summed E-state index contributed by atoms with van der Waals surface area (Å²) in [4.78, 5) is 28.6. The molecule has 2 atom stereocenters. The van der Waals surface area contributed by atoms with Crippen LogP contribution in [-0.4, -0.2) is 58.0 Å². The van der Waals surface area contributed by atoms with Gasteiger partial charge in [-0.2, -0.15) is 0 Å². The van der Waals surface area contributed by atoms with E-state index in [9.17, 15) is 22.4 Å². The van der Waals surface area contributed by atoms with Crippen molar-refractivity contribution in [3.63, 3.8) is 0 Å². The van der Waals surface area contributed by atoms with Crippen molar-refractivity contribution in [3.8, 4) is 11.5 Å². The van der Waals surface area contributed by atoms with Crippen LogP contribution in [0.3, 0.4) is 0 Å². The fraction of sp³-hybridized carbons (Fsp3) is 0.355. The fourth-order valence-electron chi connectivity index (χ4n) is 4.38. The summed E-state index contributed by atoms with van der Waals surface area (Å²) in [6.07, 6.45) is 1.01. The third-order valence-electron chi connectivity index (χ3n) is 6.92. The zero-order valence-corrected chi connectivity index (χ0v) is 25.4. The average Bonchev–Trinajstić information content (AvgIpc) is 3.00. The Morgan fingerprint density at radius 3 is 2.12 bits per heavy atom. The van der Waals surface area contributed by atoms with Crippen molar-refractivity contribution in [2.24, 2.45) is 0 Å². The SMILES string of the molecule is CC[C@H](C(=O)N[C@@H](C)CC)N(Cc1ccccc1)C(=O)CN(c1ccc(F)cc1)S(=O)(=O)c1ccc(OC)c(OC)c1. The average molecular weight is 600 g/mol. The van der Waals surface area contributed by atoms with E-state index in [4.69, 9.17) is 9.47 Å². The lowest BCUT2D eigenvalue weighted by atomic mass is 10.1. The quantitative estimate of drug-likeness (QED) is 0.287. The molecule has 226 valence electrons. The number of benzene rings is 3. The Morgan fingerprint density at radius 1 is 0.905 bits per heavy atom. The fourth-order valence-corrected chi connectivity index (χ4v) is 5.81. The second-order valence-corrected chi connectivity index (χ2v) is 11.6. The number of halogens is 1. The molecule has 3 aromatic carbocycles.